The zero-order valence-corrected chi connectivity index (χ0v) is 28.4. The first kappa shape index (κ1) is 34.9. The summed E-state index contributed by atoms with van der Waals surface area (Å²) < 4.78 is 63.5. The number of phenolic OH excluding ortho intramolecular Hbond substituents is 2. The van der Waals surface area contributed by atoms with Gasteiger partial charge in [-0.3, -0.25) is 23.5 Å². The quantitative estimate of drug-likeness (QED) is 0.216. The average Bonchev–Trinajstić information content (AvgIpc) is 3.46. The van der Waals surface area contributed by atoms with E-state index in [1.807, 2.05) is 0 Å². The Bertz CT molecular complexity index is 1880. The van der Waals surface area contributed by atoms with Crippen LogP contribution in [0.2, 0.25) is 0 Å². The van der Waals surface area contributed by atoms with Crippen molar-refractivity contribution in [2.75, 3.05) is 40.2 Å². The van der Waals surface area contributed by atoms with Crippen LogP contribution in [0.15, 0.2) is 18.2 Å². The van der Waals surface area contributed by atoms with E-state index in [0.29, 0.717) is 13.2 Å². The maximum absolute atomic E-state index is 14.0. The molecule has 3 saturated heterocycles. The first-order valence-electron chi connectivity index (χ1n) is 16.0. The number of ether oxygens (including phenoxy) is 6. The molecule has 17 heteroatoms. The molecule has 5 aliphatic rings. The minimum atomic E-state index is -4.09. The number of Topliss-reactive ketones (excluding diaryl/α,β-unsaturated/α-hetero) is 1. The number of methoxy groups -OCH3 is 2. The van der Waals surface area contributed by atoms with Gasteiger partial charge in [0.1, 0.15) is 35.6 Å². The molecule has 2 aliphatic carbocycles. The number of benzene rings is 2. The third-order valence-corrected chi connectivity index (χ3v) is 10.6. The number of carbonyl (C=O) groups is 3. The van der Waals surface area contributed by atoms with E-state index in [1.165, 1.54) is 32.4 Å². The summed E-state index contributed by atoms with van der Waals surface area (Å²) in [5.74, 6) is -3.99. The van der Waals surface area contributed by atoms with Crippen LogP contribution in [-0.2, 0) is 49.2 Å². The van der Waals surface area contributed by atoms with Gasteiger partial charge in [0, 0.05) is 55.6 Å². The van der Waals surface area contributed by atoms with Crippen molar-refractivity contribution in [3.8, 4) is 17.2 Å². The lowest BCUT2D eigenvalue weighted by Gasteiger charge is -2.43. The summed E-state index contributed by atoms with van der Waals surface area (Å²) >= 11 is 0. The van der Waals surface area contributed by atoms with Gasteiger partial charge in [-0.2, -0.15) is 8.42 Å². The second-order valence-electron chi connectivity index (χ2n) is 13.1. The highest BCUT2D eigenvalue weighted by Crippen LogP contribution is 2.53. The van der Waals surface area contributed by atoms with E-state index in [2.05, 4.69) is 9.08 Å². The molecular weight excluding hydrogens is 682 g/mol. The van der Waals surface area contributed by atoms with Crippen LogP contribution in [0.3, 0.4) is 0 Å². The molecule has 0 aromatic heterocycles. The summed E-state index contributed by atoms with van der Waals surface area (Å²) in [6.45, 7) is 1.69. The molecule has 0 spiro atoms. The predicted octanol–water partition coefficient (Wildman–Crippen LogP) is 0.695. The van der Waals surface area contributed by atoms with Crippen LogP contribution in [0.4, 0.5) is 0 Å². The topological polar surface area (TPSA) is 214 Å². The molecule has 3 aliphatic heterocycles. The Morgan fingerprint density at radius 1 is 1.08 bits per heavy atom. The number of phenols is 2. The van der Waals surface area contributed by atoms with Gasteiger partial charge in [-0.15, -0.1) is 0 Å². The highest BCUT2D eigenvalue weighted by atomic mass is 32.2. The molecule has 0 unspecified atom stereocenters. The SMILES string of the molecule is COc1cccc2c1C(=O)c1c(O)c3c(c(O)c1C2=O)C[C@@](O)(C(=O)COS(C)(=O)=O)C[C@@H]3O[C@H]1C[C@H]2[C@H](O[C@@H]3[C@@H](OC)OCCN32)[C@H](C)O1. The lowest BCUT2D eigenvalue weighted by atomic mass is 9.72. The fraction of sp³-hybridized carbons (Fsp3) is 0.545. The van der Waals surface area contributed by atoms with Crippen LogP contribution in [-0.4, -0.2) is 129 Å². The van der Waals surface area contributed by atoms with Gasteiger partial charge in [-0.1, -0.05) is 12.1 Å². The van der Waals surface area contributed by atoms with Crippen molar-refractivity contribution in [3.63, 3.8) is 0 Å². The van der Waals surface area contributed by atoms with Crippen molar-refractivity contribution in [3.05, 3.63) is 51.6 Å². The number of aliphatic hydroxyl groups is 1. The summed E-state index contributed by atoms with van der Waals surface area (Å²) in [7, 11) is -1.25. The van der Waals surface area contributed by atoms with E-state index in [-0.39, 0.29) is 46.6 Å². The molecule has 50 heavy (non-hydrogen) atoms. The molecule has 3 N–H and O–H groups in total. The molecule has 7 rings (SSSR count). The maximum atomic E-state index is 14.0. The standard InChI is InChI=1S/C33H37NO15S/c1-14-30-17(34-8-9-45-32(44-3)31(34)49-30)10-21(47-14)48-19-12-33(40,20(35)13-46-50(4,41)42)11-16-23(19)29(39)25-24(27(16)37)26(36)15-6-5-7-18(43-2)22(15)28(25)38/h5-7,14,17,19,21,30-32,37,39-40H,8-13H2,1-4H3/t14-,17-,19-,21-,30+,31+,32-,33-/m0/s1. The van der Waals surface area contributed by atoms with Gasteiger partial charge in [0.05, 0.1) is 48.9 Å². The van der Waals surface area contributed by atoms with E-state index >= 15 is 0 Å². The summed E-state index contributed by atoms with van der Waals surface area (Å²) in [6, 6.07) is 4.12. The van der Waals surface area contributed by atoms with Crippen LogP contribution >= 0.6 is 0 Å². The molecule has 0 saturated carbocycles. The van der Waals surface area contributed by atoms with Gasteiger partial charge in [0.15, 0.2) is 30.4 Å². The first-order chi connectivity index (χ1) is 23.7. The molecule has 8 atom stereocenters. The molecule has 270 valence electrons. The van der Waals surface area contributed by atoms with Gasteiger partial charge >= 0.3 is 0 Å². The molecule has 2 aromatic carbocycles. The Kier molecular flexibility index (Phi) is 8.80. The van der Waals surface area contributed by atoms with Gasteiger partial charge in [0.2, 0.25) is 5.78 Å². The molecule has 0 bridgehead atoms. The molecule has 2 aromatic rings. The second kappa shape index (κ2) is 12.6. The number of rotatable bonds is 8. The van der Waals surface area contributed by atoms with Crippen molar-refractivity contribution < 1.29 is 70.7 Å². The summed E-state index contributed by atoms with van der Waals surface area (Å²) in [4.78, 5) is 43.3. The van der Waals surface area contributed by atoms with Crippen LogP contribution in [0.25, 0.3) is 0 Å². The minimum absolute atomic E-state index is 0.0804. The van der Waals surface area contributed by atoms with Gasteiger partial charge in [-0.25, -0.2) is 0 Å². The third-order valence-electron chi connectivity index (χ3n) is 10.1. The largest absolute Gasteiger partial charge is 0.507 e. The van der Waals surface area contributed by atoms with E-state index in [0.717, 1.165) is 6.26 Å². The number of fused-ring (bicyclic) bond motifs is 6. The van der Waals surface area contributed by atoms with Crippen LogP contribution in [0.5, 0.6) is 17.2 Å². The number of nitrogens with zero attached hydrogens (tertiary/aromatic N) is 1. The zero-order valence-electron chi connectivity index (χ0n) is 27.6. The van der Waals surface area contributed by atoms with Crippen molar-refractivity contribution in [2.24, 2.45) is 0 Å². The molecule has 3 heterocycles. The number of hydrogen-bond donors (Lipinski definition) is 3. The van der Waals surface area contributed by atoms with E-state index in [4.69, 9.17) is 28.4 Å². The molecular formula is C33H37NO15S. The van der Waals surface area contributed by atoms with Crippen molar-refractivity contribution in [1.82, 2.24) is 4.90 Å². The third kappa shape index (κ3) is 5.61. The number of hydrogen-bond acceptors (Lipinski definition) is 16. The summed E-state index contributed by atoms with van der Waals surface area (Å²) in [6.07, 6.45) is -4.71. The van der Waals surface area contributed by atoms with Crippen LogP contribution < -0.4 is 4.74 Å². The van der Waals surface area contributed by atoms with Crippen LogP contribution in [0, 0.1) is 0 Å². The fourth-order valence-electron chi connectivity index (χ4n) is 7.84. The lowest BCUT2D eigenvalue weighted by molar-refractivity contribution is -0.256. The predicted molar refractivity (Wildman–Crippen MR) is 167 cm³/mol. The molecule has 16 nitrogen and oxygen atoms in total. The monoisotopic (exact) mass is 719 g/mol. The second-order valence-corrected chi connectivity index (χ2v) is 14.7. The Labute approximate surface area is 286 Å². The maximum Gasteiger partial charge on any atom is 0.264 e. The van der Waals surface area contributed by atoms with Crippen LogP contribution in [0.1, 0.15) is 68.8 Å². The highest BCUT2D eigenvalue weighted by molar-refractivity contribution is 7.86. The summed E-state index contributed by atoms with van der Waals surface area (Å²) in [5, 5.41) is 35.3. The van der Waals surface area contributed by atoms with Gasteiger partial charge in [-0.05, 0) is 13.0 Å². The highest BCUT2D eigenvalue weighted by Gasteiger charge is 2.55. The normalized spacial score (nSPS) is 32.1. The Hall–Kier alpha value is -3.52. The van der Waals surface area contributed by atoms with E-state index in [1.54, 1.807) is 6.92 Å². The summed E-state index contributed by atoms with van der Waals surface area (Å²) in [5.41, 5.74) is -3.96. The molecule has 3 fully saturated rings. The molecule has 0 amide bonds. The zero-order chi connectivity index (χ0) is 35.9. The number of ketones is 3. The molecule has 0 radical (unpaired) electrons. The fourth-order valence-corrected chi connectivity index (χ4v) is 8.16. The number of morpholine rings is 1. The van der Waals surface area contributed by atoms with E-state index in [9.17, 15) is 38.1 Å². The number of carbonyl (C=O) groups excluding carboxylic acids is 3. The smallest absolute Gasteiger partial charge is 0.264 e. The van der Waals surface area contributed by atoms with Crippen molar-refractivity contribution >= 4 is 27.5 Å². The van der Waals surface area contributed by atoms with Gasteiger partial charge in [0.25, 0.3) is 10.1 Å². The average molecular weight is 720 g/mol. The van der Waals surface area contributed by atoms with Crippen molar-refractivity contribution in [2.45, 2.75) is 74.9 Å². The van der Waals surface area contributed by atoms with E-state index < -0.39 is 106 Å². The lowest BCUT2D eigenvalue weighted by Crippen LogP contribution is -2.55. The first-order valence-corrected chi connectivity index (χ1v) is 17.8. The Morgan fingerprint density at radius 3 is 2.52 bits per heavy atom. The Balaban J connectivity index is 1.30. The number of aromatic hydroxyl groups is 2. The van der Waals surface area contributed by atoms with Crippen molar-refractivity contribution in [1.29, 1.82) is 0 Å². The minimum Gasteiger partial charge on any atom is -0.507 e. The van der Waals surface area contributed by atoms with Gasteiger partial charge < -0.3 is 43.7 Å². The Morgan fingerprint density at radius 2 is 1.82 bits per heavy atom.